The highest BCUT2D eigenvalue weighted by Crippen LogP contribution is 2.33. The normalized spacial score (nSPS) is 12.5. The molecule has 0 aliphatic heterocycles. The Balaban J connectivity index is 2.23. The summed E-state index contributed by atoms with van der Waals surface area (Å²) in [6, 6.07) is 9.87. The van der Waals surface area contributed by atoms with Crippen molar-refractivity contribution in [1.29, 1.82) is 0 Å². The van der Waals surface area contributed by atoms with E-state index in [4.69, 9.17) is 46.4 Å². The van der Waals surface area contributed by atoms with Crippen LogP contribution in [0.5, 0.6) is 0 Å². The fourth-order valence-corrected chi connectivity index (χ4v) is 2.74. The van der Waals surface area contributed by atoms with Crippen LogP contribution in [-0.2, 0) is 6.42 Å². The van der Waals surface area contributed by atoms with Crippen molar-refractivity contribution in [3.63, 3.8) is 0 Å². The van der Waals surface area contributed by atoms with Crippen LogP contribution in [0.4, 0.5) is 4.39 Å². The topological polar surface area (TPSA) is 0 Å². The van der Waals surface area contributed by atoms with Gasteiger partial charge in [0.1, 0.15) is 5.82 Å². The number of rotatable bonds is 3. The molecule has 0 nitrogen and oxygen atoms in total. The minimum atomic E-state index is -0.473. The Morgan fingerprint density at radius 1 is 1.00 bits per heavy atom. The second-order valence-electron chi connectivity index (χ2n) is 4.06. The Hall–Kier alpha value is -0.470. The molecule has 2 aromatic carbocycles. The molecule has 0 amide bonds. The summed E-state index contributed by atoms with van der Waals surface area (Å²) in [5.41, 5.74) is 1.48. The van der Waals surface area contributed by atoms with Gasteiger partial charge in [-0.3, -0.25) is 0 Å². The van der Waals surface area contributed by atoms with Gasteiger partial charge in [-0.2, -0.15) is 0 Å². The molecule has 19 heavy (non-hydrogen) atoms. The molecule has 0 aromatic heterocycles. The van der Waals surface area contributed by atoms with Gasteiger partial charge in [-0.1, -0.05) is 53.0 Å². The number of halogens is 5. The first-order valence-electron chi connectivity index (χ1n) is 5.51. The van der Waals surface area contributed by atoms with E-state index in [1.54, 1.807) is 24.3 Å². The fourth-order valence-electron chi connectivity index (χ4n) is 1.75. The zero-order valence-corrected chi connectivity index (χ0v) is 12.7. The smallest absolute Gasteiger partial charge is 0.142 e. The summed E-state index contributed by atoms with van der Waals surface area (Å²) in [5, 5.41) is 0.580. The molecule has 0 aliphatic carbocycles. The van der Waals surface area contributed by atoms with Gasteiger partial charge < -0.3 is 0 Å². The van der Waals surface area contributed by atoms with E-state index in [1.165, 1.54) is 6.07 Å². The van der Waals surface area contributed by atoms with Crippen LogP contribution in [0.3, 0.4) is 0 Å². The molecule has 0 fully saturated rings. The fraction of sp³-hybridized carbons (Fsp3) is 0.143. The van der Waals surface area contributed by atoms with Gasteiger partial charge >= 0.3 is 0 Å². The molecule has 0 spiro atoms. The van der Waals surface area contributed by atoms with E-state index in [1.807, 2.05) is 6.07 Å². The first kappa shape index (κ1) is 14.9. The van der Waals surface area contributed by atoms with Gasteiger partial charge in [-0.15, -0.1) is 11.6 Å². The van der Waals surface area contributed by atoms with Gasteiger partial charge in [0.25, 0.3) is 0 Å². The lowest BCUT2D eigenvalue weighted by molar-refractivity contribution is 0.625. The van der Waals surface area contributed by atoms with Crippen LogP contribution in [-0.4, -0.2) is 0 Å². The van der Waals surface area contributed by atoms with Crippen LogP contribution in [0.2, 0.25) is 15.1 Å². The van der Waals surface area contributed by atoms with Gasteiger partial charge in [0.05, 0.1) is 20.4 Å². The maximum Gasteiger partial charge on any atom is 0.142 e. The van der Waals surface area contributed by atoms with Crippen LogP contribution >= 0.6 is 46.4 Å². The predicted molar refractivity (Wildman–Crippen MR) is 80.2 cm³/mol. The first-order valence-corrected chi connectivity index (χ1v) is 7.08. The van der Waals surface area contributed by atoms with Crippen LogP contribution in [0, 0.1) is 5.82 Å². The molecule has 0 bridgehead atoms. The van der Waals surface area contributed by atoms with E-state index in [0.717, 1.165) is 5.56 Å². The SMILES string of the molecule is Fc1cccc(C(Cl)Cc2ccc(Cl)c(Cl)c2)c1Cl. The number of hydrogen-bond acceptors (Lipinski definition) is 0. The largest absolute Gasteiger partial charge is 0.205 e. The molecular formula is C14H9Cl4F. The Kier molecular flexibility index (Phi) is 4.97. The molecule has 0 saturated heterocycles. The molecule has 100 valence electrons. The molecule has 0 heterocycles. The molecule has 2 aromatic rings. The quantitative estimate of drug-likeness (QED) is 0.576. The minimum Gasteiger partial charge on any atom is -0.205 e. The van der Waals surface area contributed by atoms with Crippen molar-refractivity contribution < 1.29 is 4.39 Å². The maximum atomic E-state index is 13.4. The van der Waals surface area contributed by atoms with E-state index in [0.29, 0.717) is 22.0 Å². The van der Waals surface area contributed by atoms with Crippen molar-refractivity contribution in [2.75, 3.05) is 0 Å². The molecule has 2 rings (SSSR count). The third-order valence-electron chi connectivity index (χ3n) is 2.72. The molecule has 0 radical (unpaired) electrons. The first-order chi connectivity index (χ1) is 8.99. The molecule has 5 heteroatoms. The Morgan fingerprint density at radius 2 is 1.74 bits per heavy atom. The third-order valence-corrected chi connectivity index (χ3v) is 4.25. The second-order valence-corrected chi connectivity index (χ2v) is 5.78. The summed E-state index contributed by atoms with van der Waals surface area (Å²) in [7, 11) is 0. The summed E-state index contributed by atoms with van der Waals surface area (Å²) in [6.45, 7) is 0. The van der Waals surface area contributed by atoms with Crippen molar-refractivity contribution in [2.24, 2.45) is 0 Å². The van der Waals surface area contributed by atoms with Gasteiger partial charge in [0, 0.05) is 0 Å². The summed E-state index contributed by atoms with van der Waals surface area (Å²) in [4.78, 5) is 0. The van der Waals surface area contributed by atoms with Crippen LogP contribution < -0.4 is 0 Å². The molecule has 0 saturated carbocycles. The van der Waals surface area contributed by atoms with Crippen LogP contribution in [0.15, 0.2) is 36.4 Å². The zero-order valence-electron chi connectivity index (χ0n) is 9.64. The minimum absolute atomic E-state index is 0.0579. The van der Waals surface area contributed by atoms with Crippen molar-refractivity contribution in [1.82, 2.24) is 0 Å². The summed E-state index contributed by atoms with van der Waals surface area (Å²) < 4.78 is 13.4. The highest BCUT2D eigenvalue weighted by Gasteiger charge is 2.15. The molecular weight excluding hydrogens is 329 g/mol. The lowest BCUT2D eigenvalue weighted by atomic mass is 10.0. The number of hydrogen-bond donors (Lipinski definition) is 0. The van der Waals surface area contributed by atoms with Gasteiger partial charge in [0.2, 0.25) is 0 Å². The van der Waals surface area contributed by atoms with E-state index in [2.05, 4.69) is 0 Å². The maximum absolute atomic E-state index is 13.4. The van der Waals surface area contributed by atoms with E-state index in [9.17, 15) is 4.39 Å². The van der Waals surface area contributed by atoms with E-state index >= 15 is 0 Å². The molecule has 0 aliphatic rings. The van der Waals surface area contributed by atoms with E-state index in [-0.39, 0.29) is 5.02 Å². The Morgan fingerprint density at radius 3 is 2.42 bits per heavy atom. The summed E-state index contributed by atoms with van der Waals surface area (Å²) in [6.07, 6.45) is 0.488. The van der Waals surface area contributed by atoms with Crippen molar-refractivity contribution >= 4 is 46.4 Å². The van der Waals surface area contributed by atoms with Crippen LogP contribution in [0.1, 0.15) is 16.5 Å². The number of benzene rings is 2. The van der Waals surface area contributed by atoms with Crippen molar-refractivity contribution in [3.05, 3.63) is 68.4 Å². The third kappa shape index (κ3) is 3.55. The lowest BCUT2D eigenvalue weighted by Gasteiger charge is -2.12. The van der Waals surface area contributed by atoms with Crippen LogP contribution in [0.25, 0.3) is 0 Å². The van der Waals surface area contributed by atoms with Crippen molar-refractivity contribution in [2.45, 2.75) is 11.8 Å². The average Bonchev–Trinajstić information content (AvgIpc) is 2.37. The molecule has 0 N–H and O–H groups in total. The van der Waals surface area contributed by atoms with Gasteiger partial charge in [-0.25, -0.2) is 4.39 Å². The Labute approximate surface area is 131 Å². The standard InChI is InChI=1S/C14H9Cl4F/c15-10-5-4-8(7-12(10)17)6-11(16)9-2-1-3-13(19)14(9)18/h1-5,7,11H,6H2. The van der Waals surface area contributed by atoms with E-state index < -0.39 is 11.2 Å². The summed E-state index contributed by atoms with van der Waals surface area (Å²) >= 11 is 24.0. The number of alkyl halides is 1. The predicted octanol–water partition coefficient (Wildman–Crippen LogP) is 6.31. The zero-order chi connectivity index (χ0) is 14.0. The highest BCUT2D eigenvalue weighted by atomic mass is 35.5. The van der Waals surface area contributed by atoms with Gasteiger partial charge in [-0.05, 0) is 35.7 Å². The molecule has 1 atom stereocenters. The second kappa shape index (κ2) is 6.32. The van der Waals surface area contributed by atoms with Gasteiger partial charge in [0.15, 0.2) is 0 Å². The van der Waals surface area contributed by atoms with Crippen molar-refractivity contribution in [3.8, 4) is 0 Å². The average molecular weight is 338 g/mol. The lowest BCUT2D eigenvalue weighted by Crippen LogP contribution is -1.98. The Bertz CT molecular complexity index is 598. The monoisotopic (exact) mass is 336 g/mol. The summed E-state index contributed by atoms with van der Waals surface area (Å²) in [5.74, 6) is -0.473. The molecule has 1 unspecified atom stereocenters. The highest BCUT2D eigenvalue weighted by molar-refractivity contribution is 6.42.